The van der Waals surface area contributed by atoms with Gasteiger partial charge in [0.1, 0.15) is 16.2 Å². The van der Waals surface area contributed by atoms with E-state index in [1.165, 1.54) is 31.5 Å². The van der Waals surface area contributed by atoms with E-state index in [1.54, 1.807) is 37.8 Å². The maximum atomic E-state index is 14.9. The van der Waals surface area contributed by atoms with Gasteiger partial charge in [-0.05, 0) is 71.2 Å². The molecule has 2 aliphatic rings. The highest BCUT2D eigenvalue weighted by molar-refractivity contribution is 7.91. The predicted octanol–water partition coefficient (Wildman–Crippen LogP) is 5.19. The van der Waals surface area contributed by atoms with E-state index in [2.05, 4.69) is 20.3 Å². The fraction of sp³-hybridized carbons (Fsp3) is 0.429. The molecule has 1 amide bonds. The number of fused-ring (bicyclic) bond motifs is 1. The minimum absolute atomic E-state index is 0.0759. The van der Waals surface area contributed by atoms with Gasteiger partial charge >= 0.3 is 6.09 Å². The quantitative estimate of drug-likeness (QED) is 0.434. The second-order valence-corrected chi connectivity index (χ2v) is 13.7. The Bertz CT molecular complexity index is 1660. The van der Waals surface area contributed by atoms with E-state index in [0.29, 0.717) is 36.9 Å². The summed E-state index contributed by atoms with van der Waals surface area (Å²) >= 11 is 0. The number of amides is 1. The Morgan fingerprint density at radius 2 is 2.02 bits per heavy atom. The van der Waals surface area contributed by atoms with Crippen LogP contribution < -0.4 is 5.32 Å². The van der Waals surface area contributed by atoms with Crippen LogP contribution in [0.3, 0.4) is 0 Å². The molecule has 0 aromatic carbocycles. The van der Waals surface area contributed by atoms with Gasteiger partial charge in [0, 0.05) is 42.5 Å². The summed E-state index contributed by atoms with van der Waals surface area (Å²) in [5.41, 5.74) is -0.199. The molecule has 41 heavy (non-hydrogen) atoms. The average molecular weight is 587 g/mol. The third kappa shape index (κ3) is 5.67. The first-order chi connectivity index (χ1) is 19.3. The van der Waals surface area contributed by atoms with Gasteiger partial charge in [-0.1, -0.05) is 6.08 Å². The van der Waals surface area contributed by atoms with Crippen LogP contribution in [0.4, 0.5) is 19.4 Å². The maximum Gasteiger partial charge on any atom is 0.410 e. The zero-order valence-electron chi connectivity index (χ0n) is 23.3. The predicted molar refractivity (Wildman–Crippen MR) is 151 cm³/mol. The fourth-order valence-electron chi connectivity index (χ4n) is 4.98. The van der Waals surface area contributed by atoms with Crippen molar-refractivity contribution in [3.05, 3.63) is 60.6 Å². The number of aromatic nitrogens is 4. The van der Waals surface area contributed by atoms with Gasteiger partial charge in [-0.15, -0.1) is 0 Å². The minimum atomic E-state index is -4.18. The van der Waals surface area contributed by atoms with Gasteiger partial charge in [0.25, 0.3) is 0 Å². The molecular formula is C28H32F2N6O4S. The van der Waals surface area contributed by atoms with Crippen molar-refractivity contribution >= 4 is 33.0 Å². The van der Waals surface area contributed by atoms with Crippen molar-refractivity contribution in [3.8, 4) is 11.4 Å². The van der Waals surface area contributed by atoms with Gasteiger partial charge in [-0.3, -0.25) is 0 Å². The first kappa shape index (κ1) is 28.7. The van der Waals surface area contributed by atoms with Gasteiger partial charge in [0.15, 0.2) is 23.1 Å². The Labute approximate surface area is 237 Å². The lowest BCUT2D eigenvalue weighted by Crippen LogP contribution is -2.47. The third-order valence-corrected chi connectivity index (χ3v) is 9.28. The normalized spacial score (nSPS) is 21.6. The lowest BCUT2D eigenvalue weighted by molar-refractivity contribution is 0.0206. The van der Waals surface area contributed by atoms with E-state index in [-0.39, 0.29) is 29.8 Å². The van der Waals surface area contributed by atoms with Crippen LogP contribution in [0, 0.1) is 5.82 Å². The van der Waals surface area contributed by atoms with E-state index in [0.717, 1.165) is 16.2 Å². The van der Waals surface area contributed by atoms with Crippen LogP contribution in [0.25, 0.3) is 22.4 Å². The van der Waals surface area contributed by atoms with Gasteiger partial charge in [0.2, 0.25) is 10.0 Å². The Hall–Kier alpha value is -3.87. The first-order valence-electron chi connectivity index (χ1n) is 13.3. The summed E-state index contributed by atoms with van der Waals surface area (Å²) in [6, 6.07) is 3.02. The number of likely N-dealkylation sites (tertiary alicyclic amines) is 1. The Morgan fingerprint density at radius 3 is 2.76 bits per heavy atom. The highest BCUT2D eigenvalue weighted by Crippen LogP contribution is 2.36. The molecule has 1 unspecified atom stereocenters. The molecular weight excluding hydrogens is 554 g/mol. The standard InChI is InChI=1S/C28H32F2N6O4S/c1-27(2,3)40-26(37)35-13-7-9-19(16-35)33-24-22(30)15-32-23(34-24)21-17-36(25-20(21)10-6-12-31-25)41(38,39)28(4)11-5-8-18(29)14-28/h5-6,8,10,12,14-15,17,19H,7,9,11,13,16H2,1-4H3,(H,32,33,34)/t19-,28?/m1/s1. The molecule has 5 rings (SSSR count). The molecule has 0 saturated carbocycles. The highest BCUT2D eigenvalue weighted by Gasteiger charge is 2.41. The monoisotopic (exact) mass is 586 g/mol. The number of pyridine rings is 1. The first-order valence-corrected chi connectivity index (χ1v) is 14.7. The number of hydrogen-bond acceptors (Lipinski definition) is 8. The average Bonchev–Trinajstić information content (AvgIpc) is 3.29. The number of anilines is 1. The molecule has 0 spiro atoms. The summed E-state index contributed by atoms with van der Waals surface area (Å²) in [5.74, 6) is -1.33. The van der Waals surface area contributed by atoms with Crippen LogP contribution in [-0.2, 0) is 14.8 Å². The van der Waals surface area contributed by atoms with Crippen LogP contribution >= 0.6 is 0 Å². The van der Waals surface area contributed by atoms with E-state index in [4.69, 9.17) is 4.74 Å². The van der Waals surface area contributed by atoms with Crippen LogP contribution in [0.15, 0.2) is 54.8 Å². The largest absolute Gasteiger partial charge is 0.444 e. The number of allylic oxidation sites excluding steroid dienone is 3. The Balaban J connectivity index is 1.47. The van der Waals surface area contributed by atoms with Crippen molar-refractivity contribution in [2.45, 2.75) is 63.3 Å². The van der Waals surface area contributed by atoms with Crippen molar-refractivity contribution in [1.29, 1.82) is 0 Å². The highest BCUT2D eigenvalue weighted by atomic mass is 32.2. The lowest BCUT2D eigenvalue weighted by Gasteiger charge is -2.34. The second-order valence-electron chi connectivity index (χ2n) is 11.5. The number of nitrogens with zero attached hydrogens (tertiary/aromatic N) is 5. The van der Waals surface area contributed by atoms with Gasteiger partial charge < -0.3 is 15.0 Å². The summed E-state index contributed by atoms with van der Waals surface area (Å²) in [6.45, 7) is 7.65. The molecule has 1 saturated heterocycles. The van der Waals surface area contributed by atoms with Crippen LogP contribution in [-0.4, -0.2) is 67.8 Å². The molecule has 1 fully saturated rings. The molecule has 4 heterocycles. The number of rotatable bonds is 5. The molecule has 13 heteroatoms. The second kappa shape index (κ2) is 10.5. The molecule has 3 aromatic rings. The number of carbonyl (C=O) groups is 1. The van der Waals surface area contributed by atoms with Crippen molar-refractivity contribution in [2.75, 3.05) is 18.4 Å². The number of halogens is 2. The number of ether oxygens (including phenoxy) is 1. The molecule has 10 nitrogen and oxygen atoms in total. The van der Waals surface area contributed by atoms with Crippen LogP contribution in [0.5, 0.6) is 0 Å². The molecule has 218 valence electrons. The third-order valence-electron chi connectivity index (χ3n) is 7.02. The Kier molecular flexibility index (Phi) is 7.35. The molecule has 0 bridgehead atoms. The summed E-state index contributed by atoms with van der Waals surface area (Å²) in [6.07, 6.45) is 8.60. The summed E-state index contributed by atoms with van der Waals surface area (Å²) in [4.78, 5) is 27.0. The molecule has 2 atom stereocenters. The van der Waals surface area contributed by atoms with Crippen molar-refractivity contribution in [1.82, 2.24) is 23.8 Å². The summed E-state index contributed by atoms with van der Waals surface area (Å²) in [7, 11) is -4.18. The van der Waals surface area contributed by atoms with Gasteiger partial charge in [0.05, 0.1) is 6.20 Å². The van der Waals surface area contributed by atoms with Crippen LogP contribution in [0.2, 0.25) is 0 Å². The minimum Gasteiger partial charge on any atom is -0.444 e. The van der Waals surface area contributed by atoms with E-state index >= 15 is 0 Å². The summed E-state index contributed by atoms with van der Waals surface area (Å²) < 4.78 is 61.5. The fourth-order valence-corrected chi connectivity index (χ4v) is 6.61. The smallest absolute Gasteiger partial charge is 0.410 e. The SMILES string of the molecule is CC(C)(C)OC(=O)N1CCC[C@@H](Nc2nc(-c3cn(S(=O)(=O)C4(C)C=C(F)C=CC4)c4ncccc34)ncc2F)C1. The number of carbonyl (C=O) groups excluding carboxylic acids is 1. The van der Waals surface area contributed by atoms with E-state index in [9.17, 15) is 22.0 Å². The van der Waals surface area contributed by atoms with Crippen molar-refractivity contribution in [3.63, 3.8) is 0 Å². The molecule has 1 aliphatic heterocycles. The summed E-state index contributed by atoms with van der Waals surface area (Å²) in [5, 5.41) is 3.51. The van der Waals surface area contributed by atoms with E-state index in [1.807, 2.05) is 0 Å². The maximum absolute atomic E-state index is 14.9. The van der Waals surface area contributed by atoms with E-state index < -0.39 is 38.1 Å². The zero-order chi connectivity index (χ0) is 29.6. The van der Waals surface area contributed by atoms with Gasteiger partial charge in [-0.2, -0.15) is 0 Å². The Morgan fingerprint density at radius 1 is 1.24 bits per heavy atom. The molecule has 1 N–H and O–H groups in total. The van der Waals surface area contributed by atoms with Crippen molar-refractivity contribution in [2.24, 2.45) is 0 Å². The molecule has 0 radical (unpaired) electrons. The number of hydrogen-bond donors (Lipinski definition) is 1. The van der Waals surface area contributed by atoms with Crippen molar-refractivity contribution < 1.29 is 26.7 Å². The lowest BCUT2D eigenvalue weighted by atomic mass is 10.0. The molecule has 3 aromatic heterocycles. The number of piperidine rings is 1. The van der Waals surface area contributed by atoms with Gasteiger partial charge in [-0.25, -0.2) is 40.9 Å². The van der Waals surface area contributed by atoms with Crippen LogP contribution in [0.1, 0.15) is 47.0 Å². The topological polar surface area (TPSA) is 119 Å². The zero-order valence-corrected chi connectivity index (χ0v) is 24.1. The number of nitrogens with one attached hydrogen (secondary N) is 1. The molecule has 1 aliphatic carbocycles.